The third-order valence-corrected chi connectivity index (χ3v) is 1.86. The molecule has 1 radical (unpaired) electrons. The van der Waals surface area contributed by atoms with Gasteiger partial charge in [0.1, 0.15) is 5.82 Å². The van der Waals surface area contributed by atoms with Crippen molar-refractivity contribution in [2.24, 2.45) is 0 Å². The molecule has 13 heavy (non-hydrogen) atoms. The van der Waals surface area contributed by atoms with Crippen molar-refractivity contribution in [3.8, 4) is 0 Å². The first-order valence-corrected chi connectivity index (χ1v) is 4.19. The lowest BCUT2D eigenvalue weighted by atomic mass is 10.1. The van der Waals surface area contributed by atoms with Crippen LogP contribution in [0.4, 0.5) is 4.39 Å². The van der Waals surface area contributed by atoms with Crippen molar-refractivity contribution in [3.63, 3.8) is 0 Å². The molecule has 0 bridgehead atoms. The number of fused-ring (bicyclic) bond motifs is 1. The molecular weight excluding hydrogens is 169 g/mol. The minimum absolute atomic E-state index is 0.299. The van der Waals surface area contributed by atoms with Crippen LogP contribution in [0.2, 0.25) is 0 Å². The molecule has 2 aromatic rings. The van der Waals surface area contributed by atoms with Gasteiger partial charge < -0.3 is 4.52 Å². The molecule has 0 N–H and O–H groups in total. The smallest absolute Gasteiger partial charge is 0.170 e. The maximum atomic E-state index is 12.7. The van der Waals surface area contributed by atoms with E-state index >= 15 is 0 Å². The molecule has 0 saturated heterocycles. The first-order valence-electron chi connectivity index (χ1n) is 4.19. The number of rotatable bonds is 2. The quantitative estimate of drug-likeness (QED) is 0.706. The molecule has 0 aliphatic carbocycles. The molecule has 1 heterocycles. The molecule has 0 fully saturated rings. The Morgan fingerprint density at radius 3 is 3.15 bits per heavy atom. The minimum Gasteiger partial charge on any atom is -0.356 e. The Balaban J connectivity index is 2.55. The van der Waals surface area contributed by atoms with Crippen molar-refractivity contribution < 1.29 is 8.91 Å². The molecule has 0 aliphatic heterocycles. The van der Waals surface area contributed by atoms with Gasteiger partial charge in [-0.05, 0) is 18.6 Å². The first kappa shape index (κ1) is 8.23. The van der Waals surface area contributed by atoms with E-state index in [-0.39, 0.29) is 5.82 Å². The molecule has 0 spiro atoms. The highest BCUT2D eigenvalue weighted by Gasteiger charge is 2.07. The Hall–Kier alpha value is -1.38. The monoisotopic (exact) mass is 178 g/mol. The summed E-state index contributed by atoms with van der Waals surface area (Å²) in [6.07, 6.45) is 2.84. The van der Waals surface area contributed by atoms with E-state index in [1.807, 2.05) is 13.3 Å². The molecule has 1 aromatic carbocycles. The SMILES string of the molecule is CC[CH]c1noc2cc(F)ccc12. The highest BCUT2D eigenvalue weighted by Crippen LogP contribution is 2.20. The summed E-state index contributed by atoms with van der Waals surface area (Å²) in [7, 11) is 0. The summed E-state index contributed by atoms with van der Waals surface area (Å²) in [6, 6.07) is 4.44. The van der Waals surface area contributed by atoms with E-state index in [0.29, 0.717) is 5.58 Å². The molecule has 3 heteroatoms. The Labute approximate surface area is 75.3 Å². The zero-order valence-corrected chi connectivity index (χ0v) is 7.25. The maximum Gasteiger partial charge on any atom is 0.170 e. The van der Waals surface area contributed by atoms with Crippen molar-refractivity contribution in [2.45, 2.75) is 13.3 Å². The summed E-state index contributed by atoms with van der Waals surface area (Å²) < 4.78 is 17.7. The normalized spacial score (nSPS) is 10.9. The van der Waals surface area contributed by atoms with Crippen molar-refractivity contribution in [3.05, 3.63) is 36.1 Å². The van der Waals surface area contributed by atoms with Crippen LogP contribution < -0.4 is 0 Å². The average molecular weight is 178 g/mol. The number of hydrogen-bond donors (Lipinski definition) is 0. The Kier molecular flexibility index (Phi) is 2.00. The average Bonchev–Trinajstić information content (AvgIpc) is 2.49. The summed E-state index contributed by atoms with van der Waals surface area (Å²) in [5, 5.41) is 4.69. The van der Waals surface area contributed by atoms with E-state index in [1.54, 1.807) is 6.07 Å². The van der Waals surface area contributed by atoms with Crippen LogP contribution in [0.25, 0.3) is 11.0 Å². The lowest BCUT2D eigenvalue weighted by molar-refractivity contribution is 0.449. The molecular formula is C10H9FNO. The van der Waals surface area contributed by atoms with Crippen LogP contribution in [0.15, 0.2) is 22.7 Å². The van der Waals surface area contributed by atoms with Gasteiger partial charge in [-0.1, -0.05) is 12.1 Å². The third kappa shape index (κ3) is 1.41. The van der Waals surface area contributed by atoms with Crippen LogP contribution in [-0.4, -0.2) is 5.16 Å². The summed E-state index contributed by atoms with van der Waals surface area (Å²) in [5.74, 6) is -0.299. The second-order valence-electron chi connectivity index (χ2n) is 2.82. The van der Waals surface area contributed by atoms with Crippen LogP contribution in [0.3, 0.4) is 0 Å². The largest absolute Gasteiger partial charge is 0.356 e. The zero-order chi connectivity index (χ0) is 9.26. The number of nitrogens with zero attached hydrogens (tertiary/aromatic N) is 1. The van der Waals surface area contributed by atoms with Gasteiger partial charge in [0, 0.05) is 17.9 Å². The number of hydrogen-bond acceptors (Lipinski definition) is 2. The molecule has 2 rings (SSSR count). The van der Waals surface area contributed by atoms with Crippen LogP contribution in [0.5, 0.6) is 0 Å². The predicted molar refractivity (Wildman–Crippen MR) is 47.7 cm³/mol. The van der Waals surface area contributed by atoms with E-state index in [4.69, 9.17) is 4.52 Å². The Morgan fingerprint density at radius 2 is 2.38 bits per heavy atom. The fourth-order valence-corrected chi connectivity index (χ4v) is 1.27. The van der Waals surface area contributed by atoms with Gasteiger partial charge in [-0.2, -0.15) is 0 Å². The number of benzene rings is 1. The molecule has 2 nitrogen and oxygen atoms in total. The summed E-state index contributed by atoms with van der Waals surface area (Å²) in [4.78, 5) is 0. The lowest BCUT2D eigenvalue weighted by Crippen LogP contribution is -1.79. The van der Waals surface area contributed by atoms with Gasteiger partial charge in [0.05, 0.1) is 5.69 Å². The Morgan fingerprint density at radius 1 is 1.54 bits per heavy atom. The van der Waals surface area contributed by atoms with Crippen LogP contribution in [0.1, 0.15) is 19.0 Å². The van der Waals surface area contributed by atoms with E-state index in [1.165, 1.54) is 12.1 Å². The van der Waals surface area contributed by atoms with Gasteiger partial charge in [0.15, 0.2) is 5.58 Å². The molecule has 0 atom stereocenters. The van der Waals surface area contributed by atoms with Gasteiger partial charge in [-0.25, -0.2) is 4.39 Å². The number of aromatic nitrogens is 1. The van der Waals surface area contributed by atoms with Gasteiger partial charge in [-0.3, -0.25) is 0 Å². The summed E-state index contributed by atoms with van der Waals surface area (Å²) in [6.45, 7) is 2.02. The van der Waals surface area contributed by atoms with Crippen molar-refractivity contribution in [1.82, 2.24) is 5.16 Å². The van der Waals surface area contributed by atoms with Crippen LogP contribution in [0, 0.1) is 12.2 Å². The van der Waals surface area contributed by atoms with Gasteiger partial charge in [0.2, 0.25) is 0 Å². The topological polar surface area (TPSA) is 26.0 Å². The fraction of sp³-hybridized carbons (Fsp3) is 0.200. The zero-order valence-electron chi connectivity index (χ0n) is 7.25. The molecule has 1 aromatic heterocycles. The van der Waals surface area contributed by atoms with Crippen molar-refractivity contribution in [1.29, 1.82) is 0 Å². The number of halogens is 1. The molecule has 0 aliphatic rings. The van der Waals surface area contributed by atoms with Gasteiger partial charge in [-0.15, -0.1) is 0 Å². The summed E-state index contributed by atoms with van der Waals surface area (Å²) in [5.41, 5.74) is 1.29. The minimum atomic E-state index is -0.299. The van der Waals surface area contributed by atoms with Gasteiger partial charge in [0.25, 0.3) is 0 Å². The lowest BCUT2D eigenvalue weighted by Gasteiger charge is -1.90. The molecule has 0 amide bonds. The van der Waals surface area contributed by atoms with E-state index in [9.17, 15) is 4.39 Å². The highest BCUT2D eigenvalue weighted by atomic mass is 19.1. The van der Waals surface area contributed by atoms with E-state index < -0.39 is 0 Å². The van der Waals surface area contributed by atoms with Crippen molar-refractivity contribution in [2.75, 3.05) is 0 Å². The second-order valence-corrected chi connectivity index (χ2v) is 2.82. The standard InChI is InChI=1S/C10H9FNO/c1-2-3-9-8-5-4-7(11)6-10(8)13-12-9/h3-6H,2H2,1H3. The molecule has 0 unspecified atom stereocenters. The van der Waals surface area contributed by atoms with Gasteiger partial charge >= 0.3 is 0 Å². The van der Waals surface area contributed by atoms with Crippen molar-refractivity contribution >= 4 is 11.0 Å². The third-order valence-electron chi connectivity index (χ3n) is 1.86. The fourth-order valence-electron chi connectivity index (χ4n) is 1.27. The molecule has 0 saturated carbocycles. The second kappa shape index (κ2) is 3.17. The van der Waals surface area contributed by atoms with E-state index in [2.05, 4.69) is 5.16 Å². The first-order chi connectivity index (χ1) is 6.31. The van der Waals surface area contributed by atoms with E-state index in [0.717, 1.165) is 17.5 Å². The highest BCUT2D eigenvalue weighted by molar-refractivity contribution is 5.80. The maximum absolute atomic E-state index is 12.7. The Bertz CT molecular complexity index is 422. The molecule has 67 valence electrons. The summed E-state index contributed by atoms with van der Waals surface area (Å²) >= 11 is 0. The van der Waals surface area contributed by atoms with Crippen LogP contribution >= 0.6 is 0 Å². The predicted octanol–water partition coefficient (Wildman–Crippen LogP) is 2.93. The van der Waals surface area contributed by atoms with Crippen LogP contribution in [-0.2, 0) is 0 Å².